The first-order chi connectivity index (χ1) is 9.36. The van der Waals surface area contributed by atoms with Crippen LogP contribution in [0, 0.1) is 6.92 Å². The quantitative estimate of drug-likeness (QED) is 0.448. The molecule has 1 rings (SSSR count). The van der Waals surface area contributed by atoms with Gasteiger partial charge in [0.25, 0.3) is 0 Å². The van der Waals surface area contributed by atoms with Gasteiger partial charge in [-0.05, 0) is 44.0 Å². The fraction of sp³-hybridized carbons (Fsp3) is 0.462. The molecule has 7 heteroatoms. The predicted molar refractivity (Wildman–Crippen MR) is 76.6 cm³/mol. The molecular weight excluding hydrogens is 280 g/mol. The van der Waals surface area contributed by atoms with E-state index in [9.17, 15) is 13.2 Å². The normalized spacial score (nSPS) is 11.3. The number of nitrogens with one attached hydrogen (secondary N) is 1. The molecule has 1 aromatic rings. The highest BCUT2D eigenvalue weighted by Crippen LogP contribution is 2.16. The topological polar surface area (TPSA) is 98.5 Å². The maximum Gasteiger partial charge on any atom is 0.305 e. The molecule has 0 aliphatic heterocycles. The Hall–Kier alpha value is -1.60. The second-order valence-corrected chi connectivity index (χ2v) is 6.09. The summed E-state index contributed by atoms with van der Waals surface area (Å²) < 4.78 is 31.2. The van der Waals surface area contributed by atoms with Crippen LogP contribution in [0.1, 0.15) is 25.3 Å². The lowest BCUT2D eigenvalue weighted by atomic mass is 10.2. The van der Waals surface area contributed by atoms with E-state index in [1.54, 1.807) is 19.9 Å². The van der Waals surface area contributed by atoms with E-state index in [2.05, 4.69) is 4.72 Å². The zero-order valence-corrected chi connectivity index (χ0v) is 12.5. The van der Waals surface area contributed by atoms with Crippen LogP contribution >= 0.6 is 0 Å². The number of aryl methyl sites for hydroxylation is 1. The fourth-order valence-electron chi connectivity index (χ4n) is 1.57. The molecule has 0 amide bonds. The molecule has 0 saturated heterocycles. The van der Waals surface area contributed by atoms with Crippen molar-refractivity contribution in [1.29, 1.82) is 0 Å². The highest BCUT2D eigenvalue weighted by Gasteiger charge is 2.14. The minimum Gasteiger partial charge on any atom is -0.466 e. The van der Waals surface area contributed by atoms with Gasteiger partial charge in [0.15, 0.2) is 0 Å². The Kier molecular flexibility index (Phi) is 5.97. The van der Waals surface area contributed by atoms with E-state index >= 15 is 0 Å². The van der Waals surface area contributed by atoms with Gasteiger partial charge in [-0.25, -0.2) is 13.1 Å². The summed E-state index contributed by atoms with van der Waals surface area (Å²) in [6.07, 6.45) is 0.586. The number of esters is 1. The molecule has 0 atom stereocenters. The molecule has 0 aromatic heterocycles. The molecule has 0 aliphatic rings. The number of sulfonamides is 1. The van der Waals surface area contributed by atoms with Crippen LogP contribution in [-0.4, -0.2) is 27.5 Å². The Morgan fingerprint density at radius 1 is 1.40 bits per heavy atom. The number of hydrogen-bond acceptors (Lipinski definition) is 5. The summed E-state index contributed by atoms with van der Waals surface area (Å²) in [6.45, 7) is 3.99. The molecule has 0 aliphatic carbocycles. The smallest absolute Gasteiger partial charge is 0.305 e. The van der Waals surface area contributed by atoms with E-state index in [0.717, 1.165) is 0 Å². The van der Waals surface area contributed by atoms with Gasteiger partial charge in [-0.3, -0.25) is 4.79 Å². The number of carbonyl (C=O) groups is 1. The van der Waals surface area contributed by atoms with Crippen molar-refractivity contribution in [2.75, 3.05) is 18.9 Å². The van der Waals surface area contributed by atoms with E-state index in [1.807, 2.05) is 0 Å². The highest BCUT2D eigenvalue weighted by atomic mass is 32.2. The van der Waals surface area contributed by atoms with E-state index in [0.29, 0.717) is 24.3 Å². The molecule has 0 radical (unpaired) electrons. The SMILES string of the molecule is CCOC(=O)CCCNS(=O)(=O)c1ccc(N)c(C)c1. The summed E-state index contributed by atoms with van der Waals surface area (Å²) in [5, 5.41) is 0. The molecule has 0 bridgehead atoms. The van der Waals surface area contributed by atoms with Crippen molar-refractivity contribution in [3.63, 3.8) is 0 Å². The molecule has 0 unspecified atom stereocenters. The van der Waals surface area contributed by atoms with Gasteiger partial charge in [-0.15, -0.1) is 0 Å². The lowest BCUT2D eigenvalue weighted by Crippen LogP contribution is -2.25. The van der Waals surface area contributed by atoms with Crippen molar-refractivity contribution in [2.45, 2.75) is 31.6 Å². The fourth-order valence-corrected chi connectivity index (χ4v) is 2.73. The highest BCUT2D eigenvalue weighted by molar-refractivity contribution is 7.89. The van der Waals surface area contributed by atoms with Crippen molar-refractivity contribution in [1.82, 2.24) is 4.72 Å². The average Bonchev–Trinajstić information content (AvgIpc) is 2.38. The summed E-state index contributed by atoms with van der Waals surface area (Å²) in [5.41, 5.74) is 6.90. The van der Waals surface area contributed by atoms with Crippen LogP contribution < -0.4 is 10.5 Å². The maximum absolute atomic E-state index is 12.0. The van der Waals surface area contributed by atoms with E-state index in [-0.39, 0.29) is 23.8 Å². The average molecular weight is 300 g/mol. The third kappa shape index (κ3) is 4.82. The second-order valence-electron chi connectivity index (χ2n) is 4.32. The molecule has 0 saturated carbocycles. The van der Waals surface area contributed by atoms with Gasteiger partial charge in [0.05, 0.1) is 11.5 Å². The van der Waals surface area contributed by atoms with Crippen molar-refractivity contribution in [2.24, 2.45) is 0 Å². The Bertz CT molecular complexity index is 570. The summed E-state index contributed by atoms with van der Waals surface area (Å²) in [5.74, 6) is -0.324. The maximum atomic E-state index is 12.0. The van der Waals surface area contributed by atoms with Gasteiger partial charge < -0.3 is 10.5 Å². The Morgan fingerprint density at radius 3 is 2.70 bits per heavy atom. The molecule has 0 spiro atoms. The van der Waals surface area contributed by atoms with Crippen molar-refractivity contribution in [3.05, 3.63) is 23.8 Å². The molecule has 112 valence electrons. The first-order valence-electron chi connectivity index (χ1n) is 6.38. The van der Waals surface area contributed by atoms with Gasteiger partial charge in [0.2, 0.25) is 10.0 Å². The van der Waals surface area contributed by atoms with Crippen LogP contribution in [-0.2, 0) is 19.6 Å². The molecule has 1 aromatic carbocycles. The number of hydrogen-bond donors (Lipinski definition) is 2. The number of rotatable bonds is 7. The Morgan fingerprint density at radius 2 is 2.10 bits per heavy atom. The van der Waals surface area contributed by atoms with Crippen molar-refractivity contribution < 1.29 is 17.9 Å². The summed E-state index contributed by atoms with van der Waals surface area (Å²) >= 11 is 0. The van der Waals surface area contributed by atoms with Crippen LogP contribution in [0.25, 0.3) is 0 Å². The number of anilines is 1. The first-order valence-corrected chi connectivity index (χ1v) is 7.86. The monoisotopic (exact) mass is 300 g/mol. The van der Waals surface area contributed by atoms with Crippen LogP contribution in [0.5, 0.6) is 0 Å². The lowest BCUT2D eigenvalue weighted by molar-refractivity contribution is -0.143. The van der Waals surface area contributed by atoms with Gasteiger partial charge in [-0.2, -0.15) is 0 Å². The number of nitrogens with two attached hydrogens (primary N) is 1. The predicted octanol–water partition coefficient (Wildman–Crippen LogP) is 1.20. The Balaban J connectivity index is 2.53. The molecule has 3 N–H and O–H groups in total. The minimum atomic E-state index is -3.57. The number of nitrogen functional groups attached to an aromatic ring is 1. The summed E-state index contributed by atoms with van der Waals surface area (Å²) in [6, 6.07) is 4.53. The van der Waals surface area contributed by atoms with E-state index < -0.39 is 10.0 Å². The zero-order valence-electron chi connectivity index (χ0n) is 11.7. The second kappa shape index (κ2) is 7.25. The van der Waals surface area contributed by atoms with Crippen molar-refractivity contribution >= 4 is 21.7 Å². The first kappa shape index (κ1) is 16.5. The molecular formula is C13H20N2O4S. The Labute approximate surface area is 119 Å². The van der Waals surface area contributed by atoms with Crippen LogP contribution in [0.3, 0.4) is 0 Å². The molecule has 20 heavy (non-hydrogen) atoms. The summed E-state index contributed by atoms with van der Waals surface area (Å²) in [7, 11) is -3.57. The standard InChI is InChI=1S/C13H20N2O4S/c1-3-19-13(16)5-4-8-15-20(17,18)11-6-7-12(14)10(2)9-11/h6-7,9,15H,3-5,8,14H2,1-2H3. The molecule has 6 nitrogen and oxygen atoms in total. The van der Waals surface area contributed by atoms with Gasteiger partial charge in [0, 0.05) is 18.7 Å². The van der Waals surface area contributed by atoms with E-state index in [4.69, 9.17) is 10.5 Å². The van der Waals surface area contributed by atoms with E-state index in [1.165, 1.54) is 12.1 Å². The van der Waals surface area contributed by atoms with Gasteiger partial charge in [0.1, 0.15) is 0 Å². The number of ether oxygens (including phenoxy) is 1. The van der Waals surface area contributed by atoms with Gasteiger partial charge >= 0.3 is 5.97 Å². The zero-order chi connectivity index (χ0) is 15.2. The number of carbonyl (C=O) groups excluding carboxylic acids is 1. The van der Waals surface area contributed by atoms with Crippen molar-refractivity contribution in [3.8, 4) is 0 Å². The molecule has 0 fully saturated rings. The minimum absolute atomic E-state index is 0.167. The molecule has 0 heterocycles. The lowest BCUT2D eigenvalue weighted by Gasteiger charge is -2.08. The van der Waals surface area contributed by atoms with Gasteiger partial charge in [-0.1, -0.05) is 0 Å². The summed E-state index contributed by atoms with van der Waals surface area (Å²) in [4.78, 5) is 11.3. The van der Waals surface area contributed by atoms with Crippen LogP contribution in [0.2, 0.25) is 0 Å². The van der Waals surface area contributed by atoms with Crippen LogP contribution in [0.15, 0.2) is 23.1 Å². The van der Waals surface area contributed by atoms with Crippen LogP contribution in [0.4, 0.5) is 5.69 Å². The largest absolute Gasteiger partial charge is 0.466 e. The third-order valence-electron chi connectivity index (χ3n) is 2.71. The number of benzene rings is 1. The third-order valence-corrected chi connectivity index (χ3v) is 4.17.